The Labute approximate surface area is 167 Å². The van der Waals surface area contributed by atoms with Gasteiger partial charge in [-0.05, 0) is 63.1 Å². The Morgan fingerprint density at radius 1 is 1.11 bits per heavy atom. The van der Waals surface area contributed by atoms with E-state index in [-0.39, 0.29) is 22.9 Å². The van der Waals surface area contributed by atoms with Crippen molar-refractivity contribution in [2.45, 2.75) is 62.9 Å². The lowest BCUT2D eigenvalue weighted by atomic mass is 9.96. The van der Waals surface area contributed by atoms with Crippen LogP contribution in [0.4, 0.5) is 0 Å². The van der Waals surface area contributed by atoms with Gasteiger partial charge in [0, 0.05) is 18.7 Å². The number of aryl methyl sites for hydroxylation is 1. The zero-order valence-electron chi connectivity index (χ0n) is 16.6. The number of rotatable bonds is 6. The minimum Gasteiger partial charge on any atom is -0.464 e. The van der Waals surface area contributed by atoms with Crippen LogP contribution in [-0.4, -0.2) is 31.7 Å². The standard InChI is InChI=1S/C21H28N2O4S/c1-15-9-14-20(27-15)16(2)22-21(24)17-10-12-19(13-11-17)28(25,26)23(3)18-7-5-4-6-8-18/h9-14,16,18H,4-8H2,1-3H3,(H,22,24). The normalized spacial score (nSPS) is 16.9. The Kier molecular flexibility index (Phi) is 6.25. The van der Waals surface area contributed by atoms with E-state index in [0.29, 0.717) is 11.3 Å². The number of amides is 1. The molecule has 28 heavy (non-hydrogen) atoms. The van der Waals surface area contributed by atoms with Crippen LogP contribution in [0, 0.1) is 6.92 Å². The van der Waals surface area contributed by atoms with Crippen LogP contribution in [0.25, 0.3) is 0 Å². The maximum atomic E-state index is 12.9. The molecular formula is C21H28N2O4S. The Hall–Kier alpha value is -2.12. The van der Waals surface area contributed by atoms with Crippen LogP contribution in [0.2, 0.25) is 0 Å². The largest absolute Gasteiger partial charge is 0.464 e. The summed E-state index contributed by atoms with van der Waals surface area (Å²) in [5.74, 6) is 1.19. The van der Waals surface area contributed by atoms with E-state index in [2.05, 4.69) is 5.32 Å². The van der Waals surface area contributed by atoms with Crippen molar-refractivity contribution < 1.29 is 17.6 Å². The van der Waals surface area contributed by atoms with Crippen LogP contribution < -0.4 is 5.32 Å². The monoisotopic (exact) mass is 404 g/mol. The third-order valence-corrected chi connectivity index (χ3v) is 7.34. The lowest BCUT2D eigenvalue weighted by Crippen LogP contribution is -2.38. The van der Waals surface area contributed by atoms with Gasteiger partial charge in [0.2, 0.25) is 10.0 Å². The molecule has 1 amide bonds. The summed E-state index contributed by atoms with van der Waals surface area (Å²) in [6.45, 7) is 3.69. The molecule has 6 nitrogen and oxygen atoms in total. The van der Waals surface area contributed by atoms with Gasteiger partial charge < -0.3 is 9.73 Å². The number of sulfonamides is 1. The molecule has 1 heterocycles. The van der Waals surface area contributed by atoms with E-state index < -0.39 is 10.0 Å². The number of hydrogen-bond acceptors (Lipinski definition) is 4. The highest BCUT2D eigenvalue weighted by molar-refractivity contribution is 7.89. The quantitative estimate of drug-likeness (QED) is 0.788. The molecular weight excluding hydrogens is 376 g/mol. The molecule has 0 aliphatic heterocycles. The average molecular weight is 405 g/mol. The Bertz CT molecular complexity index is 912. The minimum atomic E-state index is -3.56. The van der Waals surface area contributed by atoms with Gasteiger partial charge in [0.05, 0.1) is 10.9 Å². The van der Waals surface area contributed by atoms with Crippen molar-refractivity contribution in [1.82, 2.24) is 9.62 Å². The van der Waals surface area contributed by atoms with Gasteiger partial charge in [0.15, 0.2) is 0 Å². The second-order valence-corrected chi connectivity index (χ2v) is 9.48. The molecule has 3 rings (SSSR count). The SMILES string of the molecule is Cc1ccc(C(C)NC(=O)c2ccc(S(=O)(=O)N(C)C3CCCCC3)cc2)o1. The first-order valence-corrected chi connectivity index (χ1v) is 11.2. The fourth-order valence-electron chi connectivity index (χ4n) is 3.62. The first-order valence-electron chi connectivity index (χ1n) is 9.74. The highest BCUT2D eigenvalue weighted by atomic mass is 32.2. The zero-order valence-corrected chi connectivity index (χ0v) is 17.5. The maximum absolute atomic E-state index is 12.9. The summed E-state index contributed by atoms with van der Waals surface area (Å²) in [6.07, 6.45) is 5.11. The van der Waals surface area contributed by atoms with Crippen molar-refractivity contribution in [2.75, 3.05) is 7.05 Å². The van der Waals surface area contributed by atoms with Gasteiger partial charge in [-0.25, -0.2) is 8.42 Å². The second-order valence-electron chi connectivity index (χ2n) is 7.48. The highest BCUT2D eigenvalue weighted by Crippen LogP contribution is 2.26. The predicted octanol–water partition coefficient (Wildman–Crippen LogP) is 4.03. The Morgan fingerprint density at radius 2 is 1.75 bits per heavy atom. The maximum Gasteiger partial charge on any atom is 0.251 e. The molecule has 152 valence electrons. The van der Waals surface area contributed by atoms with Crippen LogP contribution in [0.1, 0.15) is 66.9 Å². The van der Waals surface area contributed by atoms with Gasteiger partial charge in [-0.1, -0.05) is 19.3 Å². The van der Waals surface area contributed by atoms with E-state index in [9.17, 15) is 13.2 Å². The molecule has 1 atom stereocenters. The molecule has 1 aromatic carbocycles. The smallest absolute Gasteiger partial charge is 0.251 e. The summed E-state index contributed by atoms with van der Waals surface area (Å²) in [5.41, 5.74) is 0.411. The molecule has 2 aromatic rings. The van der Waals surface area contributed by atoms with Crippen molar-refractivity contribution in [1.29, 1.82) is 0 Å². The third kappa shape index (κ3) is 4.47. The van der Waals surface area contributed by atoms with Crippen LogP contribution in [-0.2, 0) is 10.0 Å². The number of carbonyl (C=O) groups excluding carboxylic acids is 1. The second kappa shape index (κ2) is 8.49. The molecule has 1 aliphatic carbocycles. The summed E-state index contributed by atoms with van der Waals surface area (Å²) in [4.78, 5) is 12.7. The van der Waals surface area contributed by atoms with Gasteiger partial charge >= 0.3 is 0 Å². The van der Waals surface area contributed by atoms with E-state index in [4.69, 9.17) is 4.42 Å². The molecule has 0 radical (unpaired) electrons. The summed E-state index contributed by atoms with van der Waals surface area (Å²) in [5, 5.41) is 2.87. The summed E-state index contributed by atoms with van der Waals surface area (Å²) >= 11 is 0. The predicted molar refractivity (Wildman–Crippen MR) is 108 cm³/mol. The number of hydrogen-bond donors (Lipinski definition) is 1. The van der Waals surface area contributed by atoms with E-state index in [1.54, 1.807) is 19.2 Å². The van der Waals surface area contributed by atoms with Gasteiger partial charge in [0.1, 0.15) is 11.5 Å². The highest BCUT2D eigenvalue weighted by Gasteiger charge is 2.29. The van der Waals surface area contributed by atoms with Crippen molar-refractivity contribution in [3.63, 3.8) is 0 Å². The molecule has 1 aliphatic rings. The molecule has 7 heteroatoms. The lowest BCUT2D eigenvalue weighted by Gasteiger charge is -2.30. The summed E-state index contributed by atoms with van der Waals surface area (Å²) < 4.78 is 32.8. The van der Waals surface area contributed by atoms with Crippen LogP contribution in [0.3, 0.4) is 0 Å². The first kappa shape index (κ1) is 20.6. The van der Waals surface area contributed by atoms with E-state index in [1.807, 2.05) is 26.0 Å². The van der Waals surface area contributed by atoms with Crippen molar-refractivity contribution in [3.05, 3.63) is 53.5 Å². The molecule has 1 fully saturated rings. The van der Waals surface area contributed by atoms with Gasteiger partial charge in [-0.15, -0.1) is 0 Å². The molecule has 0 bridgehead atoms. The van der Waals surface area contributed by atoms with Gasteiger partial charge in [-0.2, -0.15) is 4.31 Å². The molecule has 1 saturated carbocycles. The van der Waals surface area contributed by atoms with Gasteiger partial charge in [-0.3, -0.25) is 4.79 Å². The Morgan fingerprint density at radius 3 is 2.32 bits per heavy atom. The molecule has 0 spiro atoms. The molecule has 1 unspecified atom stereocenters. The molecule has 0 saturated heterocycles. The molecule has 1 aromatic heterocycles. The van der Waals surface area contributed by atoms with E-state index in [0.717, 1.165) is 31.4 Å². The number of nitrogens with one attached hydrogen (secondary N) is 1. The zero-order chi connectivity index (χ0) is 20.3. The average Bonchev–Trinajstić information content (AvgIpc) is 3.14. The van der Waals surface area contributed by atoms with Crippen LogP contribution >= 0.6 is 0 Å². The topological polar surface area (TPSA) is 79.6 Å². The fraction of sp³-hybridized carbons (Fsp3) is 0.476. The molecule has 1 N–H and O–H groups in total. The van der Waals surface area contributed by atoms with Crippen molar-refractivity contribution >= 4 is 15.9 Å². The number of carbonyl (C=O) groups is 1. The van der Waals surface area contributed by atoms with Crippen LogP contribution in [0.5, 0.6) is 0 Å². The van der Waals surface area contributed by atoms with Gasteiger partial charge in [0.25, 0.3) is 5.91 Å². The fourth-order valence-corrected chi connectivity index (χ4v) is 5.04. The number of nitrogens with zero attached hydrogens (tertiary/aromatic N) is 1. The Balaban J connectivity index is 1.69. The van der Waals surface area contributed by atoms with Crippen molar-refractivity contribution in [3.8, 4) is 0 Å². The first-order chi connectivity index (χ1) is 13.3. The summed E-state index contributed by atoms with van der Waals surface area (Å²) in [6, 6.07) is 9.57. The van der Waals surface area contributed by atoms with E-state index >= 15 is 0 Å². The third-order valence-electron chi connectivity index (χ3n) is 5.42. The minimum absolute atomic E-state index is 0.0549. The van der Waals surface area contributed by atoms with Crippen LogP contribution in [0.15, 0.2) is 45.7 Å². The van der Waals surface area contributed by atoms with E-state index in [1.165, 1.54) is 22.9 Å². The van der Waals surface area contributed by atoms with Crippen molar-refractivity contribution in [2.24, 2.45) is 0 Å². The summed E-state index contributed by atoms with van der Waals surface area (Å²) in [7, 11) is -1.91. The number of furan rings is 1. The lowest BCUT2D eigenvalue weighted by molar-refractivity contribution is 0.0935. The number of benzene rings is 1.